The summed E-state index contributed by atoms with van der Waals surface area (Å²) >= 11 is 0. The third-order valence-corrected chi connectivity index (χ3v) is 6.07. The molecule has 21 heavy (non-hydrogen) atoms. The molecule has 0 bridgehead atoms. The SMILES string of the molecule is CCNc1cc(C)c(S(=O)(=O)N2CCC(O)CC2)c(C)c1. The number of anilines is 1. The quantitative estimate of drug-likeness (QED) is 0.890. The maximum atomic E-state index is 12.8. The third-order valence-electron chi connectivity index (χ3n) is 3.86. The lowest BCUT2D eigenvalue weighted by atomic mass is 10.1. The monoisotopic (exact) mass is 312 g/mol. The van der Waals surface area contributed by atoms with Crippen LogP contribution < -0.4 is 5.32 Å². The first kappa shape index (κ1) is 16.3. The number of aliphatic hydroxyl groups excluding tert-OH is 1. The molecule has 1 aliphatic heterocycles. The first-order valence-corrected chi connectivity index (χ1v) is 8.83. The molecule has 2 N–H and O–H groups in total. The summed E-state index contributed by atoms with van der Waals surface area (Å²) in [5.41, 5.74) is 2.47. The highest BCUT2D eigenvalue weighted by molar-refractivity contribution is 7.89. The van der Waals surface area contributed by atoms with Gasteiger partial charge in [-0.15, -0.1) is 0 Å². The van der Waals surface area contributed by atoms with Crippen LogP contribution in [0.3, 0.4) is 0 Å². The Balaban J connectivity index is 2.36. The molecule has 5 nitrogen and oxygen atoms in total. The van der Waals surface area contributed by atoms with E-state index in [0.29, 0.717) is 30.8 Å². The van der Waals surface area contributed by atoms with Crippen molar-refractivity contribution < 1.29 is 13.5 Å². The minimum atomic E-state index is -3.48. The van der Waals surface area contributed by atoms with Crippen molar-refractivity contribution in [1.82, 2.24) is 4.31 Å². The minimum absolute atomic E-state index is 0.380. The summed E-state index contributed by atoms with van der Waals surface area (Å²) < 4.78 is 27.1. The van der Waals surface area contributed by atoms with Crippen molar-refractivity contribution in [2.45, 2.75) is 44.6 Å². The number of benzene rings is 1. The molecular weight excluding hydrogens is 288 g/mol. The fraction of sp³-hybridized carbons (Fsp3) is 0.600. The van der Waals surface area contributed by atoms with Gasteiger partial charge in [0.05, 0.1) is 11.0 Å². The molecule has 0 unspecified atom stereocenters. The van der Waals surface area contributed by atoms with Gasteiger partial charge in [0.2, 0.25) is 10.0 Å². The predicted octanol–water partition coefficient (Wildman–Crippen LogP) is 1.88. The van der Waals surface area contributed by atoms with E-state index in [-0.39, 0.29) is 6.10 Å². The van der Waals surface area contributed by atoms with Crippen LogP contribution in [-0.2, 0) is 10.0 Å². The average molecular weight is 312 g/mol. The van der Waals surface area contributed by atoms with Crippen LogP contribution >= 0.6 is 0 Å². The maximum absolute atomic E-state index is 12.8. The van der Waals surface area contributed by atoms with Crippen LogP contribution in [-0.4, -0.2) is 43.6 Å². The average Bonchev–Trinajstić information content (AvgIpc) is 2.38. The Morgan fingerprint density at radius 1 is 1.24 bits per heavy atom. The number of hydrogen-bond acceptors (Lipinski definition) is 4. The molecule has 1 aromatic rings. The number of piperidine rings is 1. The number of nitrogens with zero attached hydrogens (tertiary/aromatic N) is 1. The molecule has 1 fully saturated rings. The van der Waals surface area contributed by atoms with Crippen LogP contribution in [0.25, 0.3) is 0 Å². The van der Waals surface area contributed by atoms with Crippen LogP contribution in [0.15, 0.2) is 17.0 Å². The molecule has 0 aromatic heterocycles. The molecule has 1 heterocycles. The van der Waals surface area contributed by atoms with Crippen molar-refractivity contribution in [3.63, 3.8) is 0 Å². The molecule has 6 heteroatoms. The van der Waals surface area contributed by atoms with Gasteiger partial charge >= 0.3 is 0 Å². The Hall–Kier alpha value is -1.11. The number of aliphatic hydroxyl groups is 1. The van der Waals surface area contributed by atoms with Gasteiger partial charge in [-0.1, -0.05) is 0 Å². The van der Waals surface area contributed by atoms with Gasteiger partial charge in [0.25, 0.3) is 0 Å². The lowest BCUT2D eigenvalue weighted by molar-refractivity contribution is 0.113. The molecule has 118 valence electrons. The third kappa shape index (κ3) is 3.39. The fourth-order valence-electron chi connectivity index (χ4n) is 2.87. The Kier molecular flexibility index (Phi) is 4.91. The molecule has 0 atom stereocenters. The van der Waals surface area contributed by atoms with E-state index in [2.05, 4.69) is 5.32 Å². The van der Waals surface area contributed by atoms with Gasteiger partial charge in [-0.05, 0) is 56.9 Å². The van der Waals surface area contributed by atoms with Gasteiger partial charge in [-0.3, -0.25) is 0 Å². The van der Waals surface area contributed by atoms with Gasteiger partial charge in [0.1, 0.15) is 0 Å². The van der Waals surface area contributed by atoms with Gasteiger partial charge in [0.15, 0.2) is 0 Å². The number of rotatable bonds is 4. The molecule has 0 radical (unpaired) electrons. The van der Waals surface area contributed by atoms with Gasteiger partial charge in [0, 0.05) is 25.3 Å². The van der Waals surface area contributed by atoms with Crippen LogP contribution in [0.2, 0.25) is 0 Å². The lowest BCUT2D eigenvalue weighted by Crippen LogP contribution is -2.40. The second-order valence-corrected chi connectivity index (χ2v) is 7.48. The van der Waals surface area contributed by atoms with Crippen molar-refractivity contribution in [2.75, 3.05) is 25.0 Å². The summed E-state index contributed by atoms with van der Waals surface area (Å²) in [6.07, 6.45) is 0.634. The van der Waals surface area contributed by atoms with Gasteiger partial charge in [-0.2, -0.15) is 4.31 Å². The Bertz CT molecular complexity index is 582. The number of aryl methyl sites for hydroxylation is 2. The summed E-state index contributed by atoms with van der Waals surface area (Å²) in [4.78, 5) is 0.403. The first-order chi connectivity index (χ1) is 9.86. The zero-order chi connectivity index (χ0) is 15.6. The second kappa shape index (κ2) is 6.34. The van der Waals surface area contributed by atoms with E-state index in [1.54, 1.807) is 0 Å². The van der Waals surface area contributed by atoms with Crippen LogP contribution in [0.5, 0.6) is 0 Å². The van der Waals surface area contributed by atoms with Crippen molar-refractivity contribution in [1.29, 1.82) is 0 Å². The van der Waals surface area contributed by atoms with E-state index in [4.69, 9.17) is 0 Å². The van der Waals surface area contributed by atoms with Crippen LogP contribution in [0, 0.1) is 13.8 Å². The molecule has 0 amide bonds. The van der Waals surface area contributed by atoms with E-state index in [1.807, 2.05) is 32.9 Å². The topological polar surface area (TPSA) is 69.6 Å². The molecular formula is C15H24N2O3S. The van der Waals surface area contributed by atoms with Crippen molar-refractivity contribution in [2.24, 2.45) is 0 Å². The summed E-state index contributed by atoms with van der Waals surface area (Å²) in [6.45, 7) is 7.25. The summed E-state index contributed by atoms with van der Waals surface area (Å²) in [5.74, 6) is 0. The zero-order valence-corrected chi connectivity index (χ0v) is 13.7. The molecule has 0 aliphatic carbocycles. The lowest BCUT2D eigenvalue weighted by Gasteiger charge is -2.30. The largest absolute Gasteiger partial charge is 0.393 e. The molecule has 1 saturated heterocycles. The van der Waals surface area contributed by atoms with E-state index in [0.717, 1.165) is 23.4 Å². The van der Waals surface area contributed by atoms with E-state index in [9.17, 15) is 13.5 Å². The van der Waals surface area contributed by atoms with E-state index < -0.39 is 10.0 Å². The molecule has 1 aliphatic rings. The normalized spacial score (nSPS) is 17.9. The van der Waals surface area contributed by atoms with Crippen molar-refractivity contribution in [3.8, 4) is 0 Å². The second-order valence-electron chi connectivity index (χ2n) is 5.60. The Morgan fingerprint density at radius 3 is 2.24 bits per heavy atom. The highest BCUT2D eigenvalue weighted by Gasteiger charge is 2.31. The maximum Gasteiger partial charge on any atom is 0.243 e. The zero-order valence-electron chi connectivity index (χ0n) is 12.9. The molecule has 0 spiro atoms. The number of nitrogens with one attached hydrogen (secondary N) is 1. The van der Waals surface area contributed by atoms with Crippen molar-refractivity contribution >= 4 is 15.7 Å². The van der Waals surface area contributed by atoms with Crippen LogP contribution in [0.4, 0.5) is 5.69 Å². The van der Waals surface area contributed by atoms with Crippen molar-refractivity contribution in [3.05, 3.63) is 23.3 Å². The highest BCUT2D eigenvalue weighted by atomic mass is 32.2. The molecule has 2 rings (SSSR count). The van der Waals surface area contributed by atoms with Gasteiger partial charge in [-0.25, -0.2) is 8.42 Å². The standard InChI is InChI=1S/C15H24N2O3S/c1-4-16-13-9-11(2)15(12(3)10-13)21(19,20)17-7-5-14(18)6-8-17/h9-10,14,16,18H,4-8H2,1-3H3. The first-order valence-electron chi connectivity index (χ1n) is 7.39. The molecule has 1 aromatic carbocycles. The number of sulfonamides is 1. The number of hydrogen-bond donors (Lipinski definition) is 2. The molecule has 0 saturated carbocycles. The summed E-state index contributed by atoms with van der Waals surface area (Å²) in [5, 5.41) is 12.7. The Morgan fingerprint density at radius 2 is 1.76 bits per heavy atom. The predicted molar refractivity (Wildman–Crippen MR) is 84.1 cm³/mol. The Labute approximate surface area is 127 Å². The fourth-order valence-corrected chi connectivity index (χ4v) is 4.76. The van der Waals surface area contributed by atoms with E-state index >= 15 is 0 Å². The highest BCUT2D eigenvalue weighted by Crippen LogP contribution is 2.28. The summed E-state index contributed by atoms with van der Waals surface area (Å²) in [7, 11) is -3.48. The minimum Gasteiger partial charge on any atom is -0.393 e. The van der Waals surface area contributed by atoms with Crippen LogP contribution in [0.1, 0.15) is 30.9 Å². The van der Waals surface area contributed by atoms with E-state index in [1.165, 1.54) is 4.31 Å². The smallest absolute Gasteiger partial charge is 0.243 e. The van der Waals surface area contributed by atoms with Gasteiger partial charge < -0.3 is 10.4 Å². The summed E-state index contributed by atoms with van der Waals surface area (Å²) in [6, 6.07) is 3.75.